The second-order valence-corrected chi connectivity index (χ2v) is 26.9. The number of allylic oxidation sites excluding steroid dienone is 4. The molecule has 0 aliphatic heterocycles. The zero-order chi connectivity index (χ0) is 8.81. The van der Waals surface area contributed by atoms with Gasteiger partial charge in [-0.05, 0) is 0 Å². The van der Waals surface area contributed by atoms with Crippen molar-refractivity contribution in [1.82, 2.24) is 0 Å². The molecule has 1 aliphatic carbocycles. The fourth-order valence-corrected chi connectivity index (χ4v) is 4.42. The first kappa shape index (κ1) is 16.1. The first-order valence-corrected chi connectivity index (χ1v) is 12.6. The summed E-state index contributed by atoms with van der Waals surface area (Å²) in [4.78, 5) is 0. The molecule has 0 spiro atoms. The molecule has 0 nitrogen and oxygen atoms in total. The molecular weight excluding hydrogens is 294 g/mol. The Morgan fingerprint density at radius 2 is 1.46 bits per heavy atom. The Morgan fingerprint density at radius 1 is 1.00 bits per heavy atom. The van der Waals surface area contributed by atoms with Gasteiger partial charge in [0, 0.05) is 0 Å². The van der Waals surface area contributed by atoms with Gasteiger partial charge in [0.25, 0.3) is 0 Å². The van der Waals surface area contributed by atoms with Gasteiger partial charge in [-0.25, -0.2) is 0 Å². The SMILES string of the molecule is Cl.Cl.[CH3][Rh]([CH3])([CH3])([CH3])([CH3])[C]1=CC=CC1. The Hall–Kier alpha value is 0.683. The topological polar surface area (TPSA) is 0 Å². The quantitative estimate of drug-likeness (QED) is 0.588. The van der Waals surface area contributed by atoms with Crippen LogP contribution < -0.4 is 0 Å². The number of halogens is 2. The molecule has 0 N–H and O–H groups in total. The fourth-order valence-electron chi connectivity index (χ4n) is 1.03. The molecule has 0 saturated heterocycles. The third-order valence-electron chi connectivity index (χ3n) is 1.78. The predicted molar refractivity (Wildman–Crippen MR) is 65.7 cm³/mol. The van der Waals surface area contributed by atoms with E-state index in [9.17, 15) is 0 Å². The van der Waals surface area contributed by atoms with Gasteiger partial charge >= 0.3 is 68.8 Å². The molecule has 3 heteroatoms. The first-order chi connectivity index (χ1) is 4.59. The van der Waals surface area contributed by atoms with Crippen LogP contribution in [-0.4, -0.2) is 0 Å². The normalized spacial score (nSPS) is 20.5. The van der Waals surface area contributed by atoms with Crippen LogP contribution >= 0.6 is 24.8 Å². The third kappa shape index (κ3) is 4.63. The molecule has 0 atom stereocenters. The van der Waals surface area contributed by atoms with E-state index in [-0.39, 0.29) is 24.8 Å². The summed E-state index contributed by atoms with van der Waals surface area (Å²) >= 11 is -2.40. The summed E-state index contributed by atoms with van der Waals surface area (Å²) in [5.41, 5.74) is 12.3. The van der Waals surface area contributed by atoms with E-state index in [1.165, 1.54) is 6.42 Å². The molecule has 1 rings (SSSR count). The van der Waals surface area contributed by atoms with Crippen LogP contribution in [0.2, 0.25) is 27.6 Å². The third-order valence-corrected chi connectivity index (χ3v) is 7.65. The van der Waals surface area contributed by atoms with Gasteiger partial charge in [0.05, 0.1) is 0 Å². The predicted octanol–water partition coefficient (Wildman–Crippen LogP) is 5.14. The summed E-state index contributed by atoms with van der Waals surface area (Å²) in [5.74, 6) is 0. The van der Waals surface area contributed by atoms with Crippen LogP contribution in [0.25, 0.3) is 0 Å². The van der Waals surface area contributed by atoms with Crippen molar-refractivity contribution in [3.05, 3.63) is 22.4 Å². The van der Waals surface area contributed by atoms with Gasteiger partial charge in [0.1, 0.15) is 0 Å². The second-order valence-electron chi connectivity index (χ2n) is 5.38. The number of hydrogen-bond acceptors (Lipinski definition) is 0. The zero-order valence-corrected chi connectivity index (χ0v) is 12.4. The maximum atomic E-state index is 2.47. The van der Waals surface area contributed by atoms with Crippen molar-refractivity contribution < 1.29 is 12.4 Å². The van der Waals surface area contributed by atoms with Gasteiger partial charge < -0.3 is 0 Å². The van der Waals surface area contributed by atoms with Crippen LogP contribution in [0, 0.1) is 0 Å². The minimum atomic E-state index is -2.40. The van der Waals surface area contributed by atoms with Crippen LogP contribution in [0.15, 0.2) is 22.4 Å². The van der Waals surface area contributed by atoms with Crippen molar-refractivity contribution in [2.45, 2.75) is 34.0 Å². The minimum absolute atomic E-state index is 0. The molecular formula is C10H22Cl2Rh. The van der Waals surface area contributed by atoms with Crippen LogP contribution in [-0.2, 0) is 12.4 Å². The van der Waals surface area contributed by atoms with E-state index in [0.29, 0.717) is 0 Å². The van der Waals surface area contributed by atoms with Crippen molar-refractivity contribution >= 4 is 24.8 Å². The Balaban J connectivity index is 0. The molecule has 0 radical (unpaired) electrons. The second kappa shape index (κ2) is 3.36. The van der Waals surface area contributed by atoms with Crippen LogP contribution in [0.5, 0.6) is 0 Å². The monoisotopic (exact) mass is 315 g/mol. The standard InChI is InChI=1S/C5H5.5CH3.2ClH.Rh/c1-2-4-5-3-1;;;;;;;;/h1-3H,4H2;5*1H3;2*1H;. The molecule has 0 fully saturated rings. The summed E-state index contributed by atoms with van der Waals surface area (Å²) < 4.78 is 1.68. The van der Waals surface area contributed by atoms with Gasteiger partial charge in [-0.2, -0.15) is 0 Å². The molecule has 0 amide bonds. The van der Waals surface area contributed by atoms with Gasteiger partial charge in [0.2, 0.25) is 0 Å². The molecule has 0 aromatic rings. The van der Waals surface area contributed by atoms with Crippen molar-refractivity contribution in [3.8, 4) is 0 Å². The Labute approximate surface area is 93.4 Å². The number of rotatable bonds is 1. The van der Waals surface area contributed by atoms with E-state index in [2.05, 4.69) is 45.8 Å². The Bertz CT molecular complexity index is 240. The summed E-state index contributed by atoms with van der Waals surface area (Å²) in [7, 11) is 0. The van der Waals surface area contributed by atoms with Crippen molar-refractivity contribution in [2.75, 3.05) is 0 Å². The van der Waals surface area contributed by atoms with E-state index in [1.807, 2.05) is 0 Å². The molecule has 0 aromatic heterocycles. The fraction of sp³-hybridized carbons (Fsp3) is 0.600. The molecule has 0 saturated carbocycles. The molecule has 85 valence electrons. The summed E-state index contributed by atoms with van der Waals surface area (Å²) in [5, 5.41) is 0. The van der Waals surface area contributed by atoms with Crippen molar-refractivity contribution in [1.29, 1.82) is 0 Å². The van der Waals surface area contributed by atoms with E-state index in [4.69, 9.17) is 0 Å². The Morgan fingerprint density at radius 3 is 1.62 bits per heavy atom. The van der Waals surface area contributed by atoms with Crippen molar-refractivity contribution in [2.24, 2.45) is 0 Å². The van der Waals surface area contributed by atoms with Crippen LogP contribution in [0.3, 0.4) is 0 Å². The van der Waals surface area contributed by atoms with Crippen LogP contribution in [0.1, 0.15) is 6.42 Å². The first-order valence-electron chi connectivity index (χ1n) is 3.55. The van der Waals surface area contributed by atoms with Gasteiger partial charge in [-0.1, -0.05) is 0 Å². The van der Waals surface area contributed by atoms with Crippen molar-refractivity contribution in [3.63, 3.8) is 0 Å². The van der Waals surface area contributed by atoms with Gasteiger partial charge in [-0.15, -0.1) is 24.8 Å². The van der Waals surface area contributed by atoms with E-state index >= 15 is 0 Å². The Kier molecular flexibility index (Phi) is 4.17. The summed E-state index contributed by atoms with van der Waals surface area (Å²) in [6.07, 6.45) is 7.96. The average Bonchev–Trinajstić information content (AvgIpc) is 2.01. The van der Waals surface area contributed by atoms with E-state index in [1.54, 1.807) is 4.17 Å². The zero-order valence-electron chi connectivity index (χ0n) is 9.09. The number of hydrogen-bond donors (Lipinski definition) is 0. The molecule has 0 unspecified atom stereocenters. The maximum absolute atomic E-state index is 2.47. The molecule has 1 aliphatic rings. The summed E-state index contributed by atoms with van der Waals surface area (Å²) in [6, 6.07) is 0. The van der Waals surface area contributed by atoms with Crippen LogP contribution in [0.4, 0.5) is 0 Å². The molecule has 13 heavy (non-hydrogen) atoms. The summed E-state index contributed by atoms with van der Waals surface area (Å²) in [6.45, 7) is 0. The van der Waals surface area contributed by atoms with E-state index < -0.39 is 12.4 Å². The van der Waals surface area contributed by atoms with E-state index in [0.717, 1.165) is 0 Å². The molecule has 0 bridgehead atoms. The van der Waals surface area contributed by atoms with Gasteiger partial charge in [-0.3, -0.25) is 0 Å². The molecule has 0 heterocycles. The molecule has 0 aromatic carbocycles. The van der Waals surface area contributed by atoms with Gasteiger partial charge in [0.15, 0.2) is 0 Å². The average molecular weight is 316 g/mol.